The maximum Gasteiger partial charge on any atom is 0.329 e. The second-order valence-corrected chi connectivity index (χ2v) is 7.24. The van der Waals surface area contributed by atoms with Gasteiger partial charge in [-0.25, -0.2) is 9.18 Å². The van der Waals surface area contributed by atoms with E-state index in [0.717, 1.165) is 18.4 Å². The molecule has 2 N–H and O–H groups in total. The van der Waals surface area contributed by atoms with Crippen LogP contribution in [0.3, 0.4) is 0 Å². The summed E-state index contributed by atoms with van der Waals surface area (Å²) in [5.41, 5.74) is 0.349. The van der Waals surface area contributed by atoms with E-state index in [1.807, 2.05) is 0 Å². The predicted molar refractivity (Wildman–Crippen MR) is 110 cm³/mol. The number of rotatable bonds is 8. The van der Waals surface area contributed by atoms with Crippen molar-refractivity contribution in [3.8, 4) is 11.5 Å². The van der Waals surface area contributed by atoms with E-state index in [1.165, 1.54) is 25.3 Å². The summed E-state index contributed by atoms with van der Waals surface area (Å²) in [6, 6.07) is 11.2. The summed E-state index contributed by atoms with van der Waals surface area (Å²) >= 11 is 0. The van der Waals surface area contributed by atoms with Crippen molar-refractivity contribution in [3.05, 3.63) is 65.5 Å². The molecule has 0 bridgehead atoms. The van der Waals surface area contributed by atoms with Crippen LogP contribution in [0.4, 0.5) is 4.39 Å². The average Bonchev–Trinajstić information content (AvgIpc) is 3.22. The van der Waals surface area contributed by atoms with Gasteiger partial charge in [0.1, 0.15) is 18.0 Å². The lowest BCUT2D eigenvalue weighted by atomic mass is 9.98. The Labute approximate surface area is 174 Å². The summed E-state index contributed by atoms with van der Waals surface area (Å²) < 4.78 is 24.1. The van der Waals surface area contributed by atoms with Crippen LogP contribution in [0.1, 0.15) is 36.8 Å². The SMILES string of the molecule is COc1cc(/C=C/C(=O)NC2(C(=O)O)CCCC2)ccc1OCc1ccc(F)cc1. The minimum atomic E-state index is -1.17. The molecule has 0 heterocycles. The van der Waals surface area contributed by atoms with Gasteiger partial charge in [0.15, 0.2) is 11.5 Å². The molecule has 158 valence electrons. The third-order valence-electron chi connectivity index (χ3n) is 5.15. The van der Waals surface area contributed by atoms with E-state index in [2.05, 4.69) is 5.32 Å². The fourth-order valence-corrected chi connectivity index (χ4v) is 3.47. The van der Waals surface area contributed by atoms with Crippen LogP contribution in [0, 0.1) is 5.82 Å². The van der Waals surface area contributed by atoms with Gasteiger partial charge in [-0.05, 0) is 54.3 Å². The quantitative estimate of drug-likeness (QED) is 0.641. The van der Waals surface area contributed by atoms with Crippen LogP contribution in [0.2, 0.25) is 0 Å². The van der Waals surface area contributed by atoms with E-state index < -0.39 is 17.4 Å². The molecule has 0 radical (unpaired) electrons. The highest BCUT2D eigenvalue weighted by molar-refractivity contribution is 5.96. The third kappa shape index (κ3) is 5.17. The van der Waals surface area contributed by atoms with Gasteiger partial charge in [0.05, 0.1) is 7.11 Å². The van der Waals surface area contributed by atoms with Crippen molar-refractivity contribution < 1.29 is 28.6 Å². The molecule has 0 aromatic heterocycles. The normalized spacial score (nSPS) is 15.1. The smallest absolute Gasteiger partial charge is 0.329 e. The molecule has 6 nitrogen and oxygen atoms in total. The first kappa shape index (κ1) is 21.4. The maximum atomic E-state index is 13.0. The minimum absolute atomic E-state index is 0.255. The van der Waals surface area contributed by atoms with Crippen LogP contribution >= 0.6 is 0 Å². The van der Waals surface area contributed by atoms with Crippen LogP contribution in [0.5, 0.6) is 11.5 Å². The number of halogens is 1. The highest BCUT2D eigenvalue weighted by atomic mass is 19.1. The van der Waals surface area contributed by atoms with Crippen molar-refractivity contribution in [2.24, 2.45) is 0 Å². The zero-order valence-electron chi connectivity index (χ0n) is 16.7. The number of carboxylic acids is 1. The molecule has 0 aliphatic heterocycles. The molecule has 0 atom stereocenters. The summed E-state index contributed by atoms with van der Waals surface area (Å²) in [5, 5.41) is 12.1. The molecule has 0 saturated heterocycles. The molecule has 1 amide bonds. The van der Waals surface area contributed by atoms with Gasteiger partial charge in [-0.15, -0.1) is 0 Å². The van der Waals surface area contributed by atoms with Crippen LogP contribution in [-0.4, -0.2) is 29.6 Å². The maximum absolute atomic E-state index is 13.0. The number of carboxylic acid groups (broad SMARTS) is 1. The monoisotopic (exact) mass is 413 g/mol. The van der Waals surface area contributed by atoms with Gasteiger partial charge in [-0.2, -0.15) is 0 Å². The number of benzene rings is 2. The van der Waals surface area contributed by atoms with Crippen LogP contribution in [-0.2, 0) is 16.2 Å². The molecule has 0 spiro atoms. The number of hydrogen-bond donors (Lipinski definition) is 2. The lowest BCUT2D eigenvalue weighted by Crippen LogP contribution is -2.52. The number of amides is 1. The zero-order chi connectivity index (χ0) is 21.6. The van der Waals surface area contributed by atoms with E-state index in [4.69, 9.17) is 9.47 Å². The van der Waals surface area contributed by atoms with Gasteiger partial charge in [0.2, 0.25) is 5.91 Å². The molecule has 1 aliphatic rings. The standard InChI is InChI=1S/C23H24FNO5/c1-29-20-14-16(6-10-19(20)30-15-17-4-8-18(24)9-5-17)7-11-21(26)25-23(22(27)28)12-2-3-13-23/h4-11,14H,2-3,12-13,15H2,1H3,(H,25,26)(H,27,28)/b11-7+. The number of aliphatic carboxylic acids is 1. The van der Waals surface area contributed by atoms with Gasteiger partial charge < -0.3 is 19.9 Å². The predicted octanol–water partition coefficient (Wildman–Crippen LogP) is 3.94. The summed E-state index contributed by atoms with van der Waals surface area (Å²) in [4.78, 5) is 23.8. The van der Waals surface area contributed by atoms with Crippen molar-refractivity contribution in [1.82, 2.24) is 5.32 Å². The Kier molecular flexibility index (Phi) is 6.72. The Balaban J connectivity index is 1.64. The number of hydrogen-bond acceptors (Lipinski definition) is 4. The van der Waals surface area contributed by atoms with Gasteiger partial charge in [-0.3, -0.25) is 4.79 Å². The number of ether oxygens (including phenoxy) is 2. The molecule has 2 aromatic carbocycles. The molecule has 1 fully saturated rings. The number of carbonyl (C=O) groups excluding carboxylic acids is 1. The second kappa shape index (κ2) is 9.43. The summed E-state index contributed by atoms with van der Waals surface area (Å²) in [6.45, 7) is 0.255. The Bertz CT molecular complexity index is 933. The topological polar surface area (TPSA) is 84.9 Å². The van der Waals surface area contributed by atoms with Crippen molar-refractivity contribution in [2.45, 2.75) is 37.8 Å². The van der Waals surface area contributed by atoms with Gasteiger partial charge in [0.25, 0.3) is 0 Å². The fourth-order valence-electron chi connectivity index (χ4n) is 3.47. The summed E-state index contributed by atoms with van der Waals surface area (Å²) in [7, 11) is 1.51. The van der Waals surface area contributed by atoms with Crippen molar-refractivity contribution in [3.63, 3.8) is 0 Å². The molecular weight excluding hydrogens is 389 g/mol. The van der Waals surface area contributed by atoms with E-state index in [9.17, 15) is 19.1 Å². The third-order valence-corrected chi connectivity index (χ3v) is 5.15. The number of nitrogens with one attached hydrogen (secondary N) is 1. The lowest BCUT2D eigenvalue weighted by Gasteiger charge is -2.24. The largest absolute Gasteiger partial charge is 0.493 e. The average molecular weight is 413 g/mol. The zero-order valence-corrected chi connectivity index (χ0v) is 16.7. The first-order chi connectivity index (χ1) is 14.4. The molecule has 1 aliphatic carbocycles. The van der Waals surface area contributed by atoms with Crippen LogP contribution in [0.25, 0.3) is 6.08 Å². The van der Waals surface area contributed by atoms with Gasteiger partial charge >= 0.3 is 5.97 Å². The molecule has 2 aromatic rings. The first-order valence-corrected chi connectivity index (χ1v) is 9.71. The first-order valence-electron chi connectivity index (χ1n) is 9.71. The molecule has 0 unspecified atom stereocenters. The van der Waals surface area contributed by atoms with Gasteiger partial charge in [0, 0.05) is 6.08 Å². The van der Waals surface area contributed by atoms with E-state index in [-0.39, 0.29) is 12.4 Å². The Morgan fingerprint density at radius 1 is 1.13 bits per heavy atom. The van der Waals surface area contributed by atoms with Gasteiger partial charge in [-0.1, -0.05) is 31.0 Å². The van der Waals surface area contributed by atoms with Crippen molar-refractivity contribution in [1.29, 1.82) is 0 Å². The van der Waals surface area contributed by atoms with Crippen molar-refractivity contribution in [2.75, 3.05) is 7.11 Å². The fraction of sp³-hybridized carbons (Fsp3) is 0.304. The molecule has 30 heavy (non-hydrogen) atoms. The molecule has 1 saturated carbocycles. The van der Waals surface area contributed by atoms with E-state index in [0.29, 0.717) is 29.9 Å². The van der Waals surface area contributed by atoms with Crippen molar-refractivity contribution >= 4 is 18.0 Å². The highest BCUT2D eigenvalue weighted by Gasteiger charge is 2.42. The van der Waals surface area contributed by atoms with Crippen LogP contribution < -0.4 is 14.8 Å². The lowest BCUT2D eigenvalue weighted by molar-refractivity contribution is -0.146. The highest BCUT2D eigenvalue weighted by Crippen LogP contribution is 2.31. The van der Waals surface area contributed by atoms with E-state index in [1.54, 1.807) is 36.4 Å². The number of methoxy groups -OCH3 is 1. The number of carbonyl (C=O) groups is 2. The van der Waals surface area contributed by atoms with Crippen LogP contribution in [0.15, 0.2) is 48.5 Å². The Morgan fingerprint density at radius 3 is 2.47 bits per heavy atom. The Hall–Kier alpha value is -3.35. The molecule has 3 rings (SSSR count). The molecular formula is C23H24FNO5. The second-order valence-electron chi connectivity index (χ2n) is 7.24. The van der Waals surface area contributed by atoms with E-state index >= 15 is 0 Å². The Morgan fingerprint density at radius 2 is 1.83 bits per heavy atom. The molecule has 7 heteroatoms. The summed E-state index contributed by atoms with van der Waals surface area (Å²) in [5.74, 6) is -0.753. The minimum Gasteiger partial charge on any atom is -0.493 e. The summed E-state index contributed by atoms with van der Waals surface area (Å²) in [6.07, 6.45) is 5.36.